The fourth-order valence-corrected chi connectivity index (χ4v) is 1.42. The summed E-state index contributed by atoms with van der Waals surface area (Å²) in [5.74, 6) is -1.28. The van der Waals surface area contributed by atoms with Crippen LogP contribution in [-0.2, 0) is 6.61 Å². The monoisotopic (exact) mass is 245 g/mol. The van der Waals surface area contributed by atoms with E-state index in [1.54, 1.807) is 24.3 Å². The highest BCUT2D eigenvalue weighted by atomic mass is 19.1. The highest BCUT2D eigenvalue weighted by molar-refractivity contribution is 5.32. The highest BCUT2D eigenvalue weighted by Gasteiger charge is 2.05. The first-order chi connectivity index (χ1) is 8.69. The van der Waals surface area contributed by atoms with Crippen molar-refractivity contribution in [2.24, 2.45) is 0 Å². The Morgan fingerprint density at radius 2 is 1.78 bits per heavy atom. The lowest BCUT2D eigenvalue weighted by atomic mass is 10.2. The van der Waals surface area contributed by atoms with Crippen molar-refractivity contribution in [2.75, 3.05) is 0 Å². The summed E-state index contributed by atoms with van der Waals surface area (Å²) in [6.07, 6.45) is 0. The fraction of sp³-hybridized carbons (Fsp3) is 0.0714. The molecule has 0 fully saturated rings. The molecule has 0 heterocycles. The van der Waals surface area contributed by atoms with Crippen LogP contribution in [0.2, 0.25) is 0 Å². The molecule has 2 aromatic rings. The van der Waals surface area contributed by atoms with Crippen molar-refractivity contribution in [3.8, 4) is 11.8 Å². The van der Waals surface area contributed by atoms with Gasteiger partial charge in [0, 0.05) is 6.07 Å². The molecule has 0 N–H and O–H groups in total. The van der Waals surface area contributed by atoms with E-state index >= 15 is 0 Å². The lowest BCUT2D eigenvalue weighted by Crippen LogP contribution is -1.98. The van der Waals surface area contributed by atoms with Crippen LogP contribution < -0.4 is 4.74 Å². The van der Waals surface area contributed by atoms with Crippen LogP contribution in [-0.4, -0.2) is 0 Å². The molecule has 4 heteroatoms. The van der Waals surface area contributed by atoms with Gasteiger partial charge in [0.05, 0.1) is 11.6 Å². The smallest absolute Gasteiger partial charge is 0.165 e. The van der Waals surface area contributed by atoms with Gasteiger partial charge in [-0.3, -0.25) is 0 Å². The molecule has 0 aliphatic rings. The first-order valence-electron chi connectivity index (χ1n) is 5.26. The largest absolute Gasteiger partial charge is 0.486 e. The van der Waals surface area contributed by atoms with Gasteiger partial charge in [0.25, 0.3) is 0 Å². The Labute approximate surface area is 103 Å². The number of nitrogens with zero attached hydrogens (tertiary/aromatic N) is 1. The summed E-state index contributed by atoms with van der Waals surface area (Å²) in [6.45, 7) is 0.117. The van der Waals surface area contributed by atoms with E-state index in [0.29, 0.717) is 5.56 Å². The third-order valence-corrected chi connectivity index (χ3v) is 2.37. The molecule has 2 rings (SSSR count). The number of rotatable bonds is 3. The van der Waals surface area contributed by atoms with E-state index in [9.17, 15) is 8.78 Å². The maximum absolute atomic E-state index is 13.3. The fourth-order valence-electron chi connectivity index (χ4n) is 1.42. The predicted molar refractivity (Wildman–Crippen MR) is 61.8 cm³/mol. The summed E-state index contributed by atoms with van der Waals surface area (Å²) < 4.78 is 31.3. The summed E-state index contributed by atoms with van der Waals surface area (Å²) in [5.41, 5.74) is 1.31. The molecular formula is C14H9F2NO. The Kier molecular flexibility index (Phi) is 3.54. The van der Waals surface area contributed by atoms with Crippen molar-refractivity contribution in [1.29, 1.82) is 5.26 Å². The van der Waals surface area contributed by atoms with Crippen molar-refractivity contribution in [2.45, 2.75) is 6.61 Å². The molecule has 0 aliphatic heterocycles. The normalized spacial score (nSPS) is 9.83. The zero-order valence-electron chi connectivity index (χ0n) is 9.36. The third-order valence-electron chi connectivity index (χ3n) is 2.37. The Hall–Kier alpha value is -2.41. The lowest BCUT2D eigenvalue weighted by molar-refractivity contribution is 0.288. The second-order valence-electron chi connectivity index (χ2n) is 3.67. The van der Waals surface area contributed by atoms with Gasteiger partial charge in [0.1, 0.15) is 12.4 Å². The standard InChI is InChI=1S/C14H9F2NO/c15-12-5-6-13(16)14(7-12)18-9-11-3-1-10(8-17)2-4-11/h1-7H,9H2. The molecule has 0 spiro atoms. The molecule has 2 aromatic carbocycles. The van der Waals surface area contributed by atoms with Crippen LogP contribution in [0.4, 0.5) is 8.78 Å². The first kappa shape index (κ1) is 12.1. The van der Waals surface area contributed by atoms with Gasteiger partial charge in [-0.05, 0) is 29.8 Å². The van der Waals surface area contributed by atoms with Crippen LogP contribution >= 0.6 is 0 Å². The van der Waals surface area contributed by atoms with Crippen LogP contribution in [0.25, 0.3) is 0 Å². The van der Waals surface area contributed by atoms with Crippen LogP contribution in [0.5, 0.6) is 5.75 Å². The Morgan fingerprint density at radius 1 is 1.06 bits per heavy atom. The van der Waals surface area contributed by atoms with Crippen LogP contribution in [0.1, 0.15) is 11.1 Å². The quantitative estimate of drug-likeness (QED) is 0.830. The number of hydrogen-bond donors (Lipinski definition) is 0. The number of nitriles is 1. The molecular weight excluding hydrogens is 236 g/mol. The minimum absolute atomic E-state index is 0.117. The molecule has 0 atom stereocenters. The van der Waals surface area contributed by atoms with E-state index in [-0.39, 0.29) is 12.4 Å². The summed E-state index contributed by atoms with van der Waals surface area (Å²) in [6, 6.07) is 11.7. The van der Waals surface area contributed by atoms with E-state index in [0.717, 1.165) is 23.8 Å². The Bertz CT molecular complexity index is 588. The van der Waals surface area contributed by atoms with Gasteiger partial charge in [-0.1, -0.05) is 12.1 Å². The van der Waals surface area contributed by atoms with Crippen LogP contribution in [0.15, 0.2) is 42.5 Å². The molecule has 0 aromatic heterocycles. The average molecular weight is 245 g/mol. The molecule has 0 saturated carbocycles. The van der Waals surface area contributed by atoms with E-state index < -0.39 is 11.6 Å². The van der Waals surface area contributed by atoms with Crippen LogP contribution in [0, 0.1) is 23.0 Å². The first-order valence-corrected chi connectivity index (χ1v) is 5.26. The molecule has 0 amide bonds. The van der Waals surface area contributed by atoms with Crippen molar-refractivity contribution in [3.63, 3.8) is 0 Å². The van der Waals surface area contributed by atoms with E-state index in [1.165, 1.54) is 0 Å². The maximum atomic E-state index is 13.3. The minimum atomic E-state index is -0.606. The number of hydrogen-bond acceptors (Lipinski definition) is 2. The van der Waals surface area contributed by atoms with Gasteiger partial charge in [0.2, 0.25) is 0 Å². The van der Waals surface area contributed by atoms with Gasteiger partial charge >= 0.3 is 0 Å². The van der Waals surface area contributed by atoms with Crippen LogP contribution in [0.3, 0.4) is 0 Å². The van der Waals surface area contributed by atoms with Gasteiger partial charge in [-0.2, -0.15) is 5.26 Å². The molecule has 0 radical (unpaired) electrons. The molecule has 0 bridgehead atoms. The molecule has 0 unspecified atom stereocenters. The zero-order valence-corrected chi connectivity index (χ0v) is 9.36. The summed E-state index contributed by atoms with van der Waals surface area (Å²) in [5, 5.41) is 8.63. The van der Waals surface area contributed by atoms with Gasteiger partial charge < -0.3 is 4.74 Å². The van der Waals surface area contributed by atoms with Gasteiger partial charge in [-0.15, -0.1) is 0 Å². The second-order valence-corrected chi connectivity index (χ2v) is 3.67. The predicted octanol–water partition coefficient (Wildman–Crippen LogP) is 3.42. The highest BCUT2D eigenvalue weighted by Crippen LogP contribution is 2.19. The zero-order chi connectivity index (χ0) is 13.0. The molecule has 18 heavy (non-hydrogen) atoms. The van der Waals surface area contributed by atoms with E-state index in [2.05, 4.69) is 0 Å². The van der Waals surface area contributed by atoms with Gasteiger partial charge in [-0.25, -0.2) is 8.78 Å². The molecule has 0 aliphatic carbocycles. The van der Waals surface area contributed by atoms with Gasteiger partial charge in [0.15, 0.2) is 11.6 Å². The molecule has 90 valence electrons. The topological polar surface area (TPSA) is 33.0 Å². The maximum Gasteiger partial charge on any atom is 0.165 e. The number of benzene rings is 2. The van der Waals surface area contributed by atoms with Crippen molar-refractivity contribution in [1.82, 2.24) is 0 Å². The van der Waals surface area contributed by atoms with Crippen molar-refractivity contribution >= 4 is 0 Å². The molecule has 2 nitrogen and oxygen atoms in total. The average Bonchev–Trinajstić information content (AvgIpc) is 2.40. The Morgan fingerprint density at radius 3 is 2.44 bits per heavy atom. The number of halogens is 2. The van der Waals surface area contributed by atoms with E-state index in [1.807, 2.05) is 6.07 Å². The SMILES string of the molecule is N#Cc1ccc(COc2cc(F)ccc2F)cc1. The van der Waals surface area contributed by atoms with E-state index in [4.69, 9.17) is 10.00 Å². The number of ether oxygens (including phenoxy) is 1. The second kappa shape index (κ2) is 5.28. The van der Waals surface area contributed by atoms with Crippen molar-refractivity contribution in [3.05, 3.63) is 65.2 Å². The third kappa shape index (κ3) is 2.83. The summed E-state index contributed by atoms with van der Waals surface area (Å²) in [4.78, 5) is 0. The summed E-state index contributed by atoms with van der Waals surface area (Å²) in [7, 11) is 0. The Balaban J connectivity index is 2.07. The minimum Gasteiger partial charge on any atom is -0.486 e. The lowest BCUT2D eigenvalue weighted by Gasteiger charge is -2.07. The molecule has 0 saturated heterocycles. The van der Waals surface area contributed by atoms with Crippen molar-refractivity contribution < 1.29 is 13.5 Å². The summed E-state index contributed by atoms with van der Waals surface area (Å²) >= 11 is 0.